The molecule has 2 bridgehead atoms. The van der Waals surface area contributed by atoms with Gasteiger partial charge in [0.2, 0.25) is 11.7 Å². The summed E-state index contributed by atoms with van der Waals surface area (Å²) in [5.41, 5.74) is 0.222. The Morgan fingerprint density at radius 1 is 1.37 bits per heavy atom. The van der Waals surface area contributed by atoms with Gasteiger partial charge in [-0.25, -0.2) is 9.37 Å². The van der Waals surface area contributed by atoms with E-state index < -0.39 is 23.9 Å². The fraction of sp³-hybridized carbons (Fsp3) is 0.571. The van der Waals surface area contributed by atoms with Crippen LogP contribution in [-0.2, 0) is 4.79 Å². The van der Waals surface area contributed by atoms with E-state index in [1.807, 2.05) is 32.8 Å². The number of likely N-dealkylation sites (N-methyl/N-ethyl adjacent to an activating group) is 1. The number of fused-ring (bicyclic) bond motifs is 3. The second-order valence-corrected chi connectivity index (χ2v) is 8.89. The number of aliphatic hydroxyl groups is 1. The number of aliphatic hydroxyl groups excluding tert-OH is 1. The summed E-state index contributed by atoms with van der Waals surface area (Å²) in [5.74, 6) is -0.776. The van der Waals surface area contributed by atoms with Gasteiger partial charge >= 0.3 is 0 Å². The molecule has 1 aliphatic carbocycles. The van der Waals surface area contributed by atoms with Gasteiger partial charge in [-0.1, -0.05) is 13.8 Å². The molecule has 30 heavy (non-hydrogen) atoms. The summed E-state index contributed by atoms with van der Waals surface area (Å²) < 4.78 is 15.3. The van der Waals surface area contributed by atoms with Crippen LogP contribution in [0.4, 0.5) is 4.39 Å². The van der Waals surface area contributed by atoms with Gasteiger partial charge in [0.1, 0.15) is 11.3 Å². The first-order valence-electron chi connectivity index (χ1n) is 10.3. The Bertz CT molecular complexity index is 967. The molecular weight excluding hydrogens is 389 g/mol. The maximum atomic E-state index is 13.9. The summed E-state index contributed by atoms with van der Waals surface area (Å²) in [6.07, 6.45) is 2.74. The zero-order valence-electron chi connectivity index (χ0n) is 17.6. The Labute approximate surface area is 174 Å². The van der Waals surface area contributed by atoms with Gasteiger partial charge < -0.3 is 15.3 Å². The van der Waals surface area contributed by atoms with Crippen molar-refractivity contribution in [2.24, 2.45) is 11.8 Å². The number of pyridine rings is 1. The highest BCUT2D eigenvalue weighted by Crippen LogP contribution is 2.39. The van der Waals surface area contributed by atoms with Crippen molar-refractivity contribution in [2.75, 3.05) is 20.6 Å². The van der Waals surface area contributed by atoms with Gasteiger partial charge in [-0.15, -0.1) is 0 Å². The standard InChI is InChI=1S/C21H28FN5O3/c1-11(2)17(25(3)4)21(30)27-10-12-8-15(28)18(27)16(12)24-20(29)19-23-9-14-13(22)6-5-7-26(14)19/h5-7,9,11-12,15-18,28H,8,10H2,1-4H3,(H,24,29)/t12-,15+,16-,17?,18-/m0/s1. The van der Waals surface area contributed by atoms with E-state index in [1.54, 1.807) is 11.1 Å². The minimum atomic E-state index is -0.692. The fourth-order valence-corrected chi connectivity index (χ4v) is 5.16. The molecule has 5 atom stereocenters. The summed E-state index contributed by atoms with van der Waals surface area (Å²) in [6.45, 7) is 4.49. The Hall–Kier alpha value is -2.52. The number of rotatable bonds is 5. The van der Waals surface area contributed by atoms with Gasteiger partial charge in [-0.3, -0.25) is 18.9 Å². The highest BCUT2D eigenvalue weighted by atomic mass is 19.1. The molecule has 1 saturated carbocycles. The van der Waals surface area contributed by atoms with Crippen molar-refractivity contribution in [3.63, 3.8) is 0 Å². The van der Waals surface area contributed by atoms with E-state index >= 15 is 0 Å². The number of nitrogens with one attached hydrogen (secondary N) is 1. The first-order valence-corrected chi connectivity index (χ1v) is 10.3. The molecule has 1 unspecified atom stereocenters. The number of hydrogen-bond acceptors (Lipinski definition) is 5. The predicted molar refractivity (Wildman–Crippen MR) is 108 cm³/mol. The van der Waals surface area contributed by atoms with E-state index in [-0.39, 0.29) is 41.2 Å². The third-order valence-electron chi connectivity index (χ3n) is 6.35. The van der Waals surface area contributed by atoms with Crippen LogP contribution in [0.25, 0.3) is 5.52 Å². The van der Waals surface area contributed by atoms with Crippen molar-refractivity contribution < 1.29 is 19.1 Å². The predicted octanol–water partition coefficient (Wildman–Crippen LogP) is 0.750. The maximum absolute atomic E-state index is 13.9. The van der Waals surface area contributed by atoms with Gasteiger partial charge in [0, 0.05) is 18.7 Å². The van der Waals surface area contributed by atoms with Crippen LogP contribution in [0.15, 0.2) is 24.5 Å². The number of piperidine rings is 1. The van der Waals surface area contributed by atoms with Gasteiger partial charge in [0.25, 0.3) is 5.91 Å². The van der Waals surface area contributed by atoms with Gasteiger partial charge in [0.05, 0.1) is 30.4 Å². The van der Waals surface area contributed by atoms with E-state index in [4.69, 9.17) is 0 Å². The zero-order chi connectivity index (χ0) is 21.7. The third kappa shape index (κ3) is 3.26. The van der Waals surface area contributed by atoms with Gasteiger partial charge in [-0.05, 0) is 38.6 Å². The lowest BCUT2D eigenvalue weighted by molar-refractivity contribution is -0.142. The number of nitrogens with zero attached hydrogens (tertiary/aromatic N) is 4. The van der Waals surface area contributed by atoms with Crippen LogP contribution in [-0.4, -0.2) is 81.0 Å². The van der Waals surface area contributed by atoms with Crippen LogP contribution in [0, 0.1) is 17.7 Å². The normalized spacial score (nSPS) is 26.7. The maximum Gasteiger partial charge on any atom is 0.287 e. The topological polar surface area (TPSA) is 90.2 Å². The molecule has 2 fully saturated rings. The van der Waals surface area contributed by atoms with E-state index in [0.717, 1.165) is 0 Å². The lowest BCUT2D eigenvalue weighted by Gasteiger charge is -2.37. The monoisotopic (exact) mass is 417 g/mol. The quantitative estimate of drug-likeness (QED) is 0.749. The number of amides is 2. The molecule has 2 aromatic rings. The van der Waals surface area contributed by atoms with Crippen LogP contribution >= 0.6 is 0 Å². The third-order valence-corrected chi connectivity index (χ3v) is 6.35. The van der Waals surface area contributed by atoms with Crippen LogP contribution in [0.3, 0.4) is 0 Å². The largest absolute Gasteiger partial charge is 0.391 e. The SMILES string of the molecule is CC(C)C(C(=O)N1C[C@@H]2C[C@@H](O)[C@H]1[C@H]2NC(=O)c1ncc2c(F)cccn12)N(C)C. The molecule has 9 heteroatoms. The molecule has 8 nitrogen and oxygen atoms in total. The summed E-state index contributed by atoms with van der Waals surface area (Å²) in [7, 11) is 3.74. The average Bonchev–Trinajstić information content (AvgIpc) is 3.32. The number of hydrogen-bond donors (Lipinski definition) is 2. The number of aromatic nitrogens is 2. The number of likely N-dealkylation sites (tertiary alicyclic amines) is 1. The van der Waals surface area contributed by atoms with Crippen molar-refractivity contribution in [3.8, 4) is 0 Å². The molecule has 2 aromatic heterocycles. The molecule has 4 rings (SSSR count). The van der Waals surface area contributed by atoms with Crippen molar-refractivity contribution >= 4 is 17.3 Å². The van der Waals surface area contributed by atoms with Crippen LogP contribution in [0.5, 0.6) is 0 Å². The highest BCUT2D eigenvalue weighted by molar-refractivity contribution is 5.92. The molecule has 2 amide bonds. The summed E-state index contributed by atoms with van der Waals surface area (Å²) in [4.78, 5) is 33.9. The highest BCUT2D eigenvalue weighted by Gasteiger charge is 2.55. The van der Waals surface area contributed by atoms with Crippen molar-refractivity contribution in [1.82, 2.24) is 24.5 Å². The minimum Gasteiger partial charge on any atom is -0.391 e. The molecule has 1 saturated heterocycles. The smallest absolute Gasteiger partial charge is 0.287 e. The molecule has 2 aliphatic rings. The first-order chi connectivity index (χ1) is 14.2. The minimum absolute atomic E-state index is 0.0316. The fourth-order valence-electron chi connectivity index (χ4n) is 5.16. The zero-order valence-corrected chi connectivity index (χ0v) is 17.6. The molecule has 0 aromatic carbocycles. The Morgan fingerprint density at radius 3 is 2.77 bits per heavy atom. The van der Waals surface area contributed by atoms with Crippen LogP contribution in [0.2, 0.25) is 0 Å². The molecule has 2 N–H and O–H groups in total. The molecular formula is C21H28FN5O3. The van der Waals surface area contributed by atoms with E-state index in [2.05, 4.69) is 10.3 Å². The number of carbonyl (C=O) groups is 2. The molecule has 0 radical (unpaired) electrons. The Kier molecular flexibility index (Phi) is 5.27. The van der Waals surface area contributed by atoms with Crippen LogP contribution in [0.1, 0.15) is 30.9 Å². The molecule has 0 spiro atoms. The first kappa shape index (κ1) is 20.7. The lowest BCUT2D eigenvalue weighted by atomic mass is 10.00. The van der Waals surface area contributed by atoms with E-state index in [1.165, 1.54) is 22.7 Å². The summed E-state index contributed by atoms with van der Waals surface area (Å²) in [6, 6.07) is 1.68. The molecule has 1 aliphatic heterocycles. The lowest BCUT2D eigenvalue weighted by Crippen LogP contribution is -2.56. The Balaban J connectivity index is 1.56. The summed E-state index contributed by atoms with van der Waals surface area (Å²) in [5, 5.41) is 13.5. The second kappa shape index (κ2) is 7.63. The van der Waals surface area contributed by atoms with Crippen LogP contribution < -0.4 is 5.32 Å². The van der Waals surface area contributed by atoms with Gasteiger partial charge in [-0.2, -0.15) is 0 Å². The molecule has 3 heterocycles. The van der Waals surface area contributed by atoms with Crippen molar-refractivity contribution in [2.45, 2.75) is 44.5 Å². The van der Waals surface area contributed by atoms with E-state index in [9.17, 15) is 19.1 Å². The number of imidazole rings is 1. The average molecular weight is 417 g/mol. The van der Waals surface area contributed by atoms with Gasteiger partial charge in [0.15, 0.2) is 0 Å². The summed E-state index contributed by atoms with van der Waals surface area (Å²) >= 11 is 0. The number of carbonyl (C=O) groups excluding carboxylic acids is 2. The Morgan fingerprint density at radius 2 is 2.10 bits per heavy atom. The molecule has 162 valence electrons. The van der Waals surface area contributed by atoms with E-state index in [0.29, 0.717) is 13.0 Å². The van der Waals surface area contributed by atoms with Crippen molar-refractivity contribution in [1.29, 1.82) is 0 Å². The second-order valence-electron chi connectivity index (χ2n) is 8.89. The van der Waals surface area contributed by atoms with Crippen molar-refractivity contribution in [3.05, 3.63) is 36.2 Å². The number of halogens is 1.